The number of nitriles is 1. The second-order valence-electron chi connectivity index (χ2n) is 10.4. The van der Waals surface area contributed by atoms with E-state index in [2.05, 4.69) is 16.7 Å². The molecule has 2 amide bonds. The first-order valence-corrected chi connectivity index (χ1v) is 14.4. The van der Waals surface area contributed by atoms with Gasteiger partial charge in [0, 0.05) is 36.3 Å². The summed E-state index contributed by atoms with van der Waals surface area (Å²) >= 11 is 0. The summed E-state index contributed by atoms with van der Waals surface area (Å²) in [5.41, 5.74) is 2.91. The number of carbonyl (C=O) groups is 2. The van der Waals surface area contributed by atoms with Crippen LogP contribution < -0.4 is 20.1 Å². The lowest BCUT2D eigenvalue weighted by Gasteiger charge is -2.21. The Kier molecular flexibility index (Phi) is 9.89. The number of benzene rings is 4. The maximum atomic E-state index is 13.0. The van der Waals surface area contributed by atoms with E-state index >= 15 is 0 Å². The highest BCUT2D eigenvalue weighted by Gasteiger charge is 2.21. The summed E-state index contributed by atoms with van der Waals surface area (Å²) in [4.78, 5) is 25.1. The number of hydrogen-bond acceptors (Lipinski definition) is 6. The van der Waals surface area contributed by atoms with Crippen molar-refractivity contribution in [1.82, 2.24) is 5.32 Å². The highest BCUT2D eigenvalue weighted by atomic mass is 16.5. The van der Waals surface area contributed by atoms with E-state index in [0.29, 0.717) is 40.8 Å². The Morgan fingerprint density at radius 1 is 0.744 bits per heavy atom. The molecular weight excluding hydrogens is 542 g/mol. The van der Waals surface area contributed by atoms with Crippen LogP contribution in [0.4, 0.5) is 10.5 Å². The minimum absolute atomic E-state index is 0.000297. The second kappa shape index (κ2) is 14.6. The lowest BCUT2D eigenvalue weighted by Crippen LogP contribution is -2.24. The van der Waals surface area contributed by atoms with Crippen molar-refractivity contribution < 1.29 is 23.8 Å². The Bertz CT molecular complexity index is 1560. The molecule has 0 spiro atoms. The van der Waals surface area contributed by atoms with Crippen LogP contribution in [-0.2, 0) is 22.7 Å². The zero-order valence-corrected chi connectivity index (χ0v) is 23.8. The maximum absolute atomic E-state index is 13.0. The highest BCUT2D eigenvalue weighted by molar-refractivity contribution is 5.93. The molecule has 4 aromatic rings. The fourth-order valence-electron chi connectivity index (χ4n) is 4.86. The van der Waals surface area contributed by atoms with Crippen molar-refractivity contribution >= 4 is 17.7 Å². The molecule has 1 aliphatic carbocycles. The summed E-state index contributed by atoms with van der Waals surface area (Å²) in [7, 11) is 0. The van der Waals surface area contributed by atoms with Crippen LogP contribution in [0.2, 0.25) is 0 Å². The predicted octanol–water partition coefficient (Wildman–Crippen LogP) is 8.09. The molecule has 43 heavy (non-hydrogen) atoms. The largest absolute Gasteiger partial charge is 0.457 e. The summed E-state index contributed by atoms with van der Waals surface area (Å²) in [5, 5.41) is 14.9. The number of alkyl carbamates (subject to hydrolysis) is 1. The van der Waals surface area contributed by atoms with Gasteiger partial charge in [-0.2, -0.15) is 5.26 Å². The van der Waals surface area contributed by atoms with E-state index in [4.69, 9.17) is 19.5 Å². The van der Waals surface area contributed by atoms with Crippen molar-refractivity contribution in [3.63, 3.8) is 0 Å². The molecule has 0 heterocycles. The molecule has 8 heteroatoms. The minimum atomic E-state index is -0.494. The van der Waals surface area contributed by atoms with Crippen LogP contribution in [0.3, 0.4) is 0 Å². The number of nitrogens with one attached hydrogen (secondary N) is 2. The first kappa shape index (κ1) is 29.2. The van der Waals surface area contributed by atoms with Gasteiger partial charge in [-0.25, -0.2) is 4.79 Å². The second-order valence-corrected chi connectivity index (χ2v) is 10.4. The average molecular weight is 576 g/mol. The zero-order chi connectivity index (χ0) is 29.9. The van der Waals surface area contributed by atoms with Crippen LogP contribution in [-0.4, -0.2) is 12.0 Å². The first-order chi connectivity index (χ1) is 21.0. The molecule has 8 nitrogen and oxygen atoms in total. The molecule has 1 saturated carbocycles. The van der Waals surface area contributed by atoms with Crippen LogP contribution in [0.1, 0.15) is 48.8 Å². The molecule has 5 rings (SSSR count). The van der Waals surface area contributed by atoms with Gasteiger partial charge in [-0.05, 0) is 60.4 Å². The van der Waals surface area contributed by atoms with Gasteiger partial charge in [-0.1, -0.05) is 61.7 Å². The van der Waals surface area contributed by atoms with Gasteiger partial charge in [-0.15, -0.1) is 0 Å². The minimum Gasteiger partial charge on any atom is -0.457 e. The van der Waals surface area contributed by atoms with Crippen molar-refractivity contribution in [3.8, 4) is 29.1 Å². The van der Waals surface area contributed by atoms with Crippen LogP contribution >= 0.6 is 0 Å². The van der Waals surface area contributed by atoms with E-state index in [9.17, 15) is 9.59 Å². The van der Waals surface area contributed by atoms with Crippen molar-refractivity contribution in [2.24, 2.45) is 5.92 Å². The normalized spacial score (nSPS) is 12.9. The van der Waals surface area contributed by atoms with Gasteiger partial charge < -0.3 is 24.8 Å². The van der Waals surface area contributed by atoms with Crippen molar-refractivity contribution in [3.05, 3.63) is 114 Å². The van der Waals surface area contributed by atoms with Crippen molar-refractivity contribution in [2.75, 3.05) is 5.32 Å². The Morgan fingerprint density at radius 2 is 1.37 bits per heavy atom. The van der Waals surface area contributed by atoms with Crippen LogP contribution in [0, 0.1) is 17.2 Å². The lowest BCUT2D eigenvalue weighted by atomic mass is 9.88. The fourth-order valence-corrected chi connectivity index (χ4v) is 4.86. The third-order valence-corrected chi connectivity index (χ3v) is 7.15. The number of anilines is 1. The van der Waals surface area contributed by atoms with Crippen molar-refractivity contribution in [1.29, 1.82) is 5.26 Å². The Balaban J connectivity index is 1.23. The Morgan fingerprint density at radius 3 is 2.00 bits per heavy atom. The number of amides is 2. The van der Waals surface area contributed by atoms with Crippen molar-refractivity contribution in [2.45, 2.75) is 45.3 Å². The fraction of sp³-hybridized carbons (Fsp3) is 0.229. The standard InChI is InChI=1S/C35H33N3O5/c36-22-25-11-15-30(16-12-25)42-32-19-29(38-34(39)28-9-5-2-6-10-28)20-33(21-32)43-31-17-13-26(14-18-31)23-37-35(40)41-24-27-7-3-1-4-8-27/h1,3-4,7-8,11-21,28H,2,5-6,9-10,23-24H2,(H,37,40)(H,38,39). The van der Waals surface area contributed by atoms with E-state index in [-0.39, 0.29) is 18.4 Å². The number of nitrogens with zero attached hydrogens (tertiary/aromatic N) is 1. The summed E-state index contributed by atoms with van der Waals surface area (Å²) in [6.07, 6.45) is 4.59. The van der Waals surface area contributed by atoms with Gasteiger partial charge in [0.15, 0.2) is 0 Å². The molecule has 2 N–H and O–H groups in total. The average Bonchev–Trinajstić information content (AvgIpc) is 3.04. The molecular formula is C35H33N3O5. The van der Waals surface area contributed by atoms with Crippen LogP contribution in [0.25, 0.3) is 0 Å². The molecule has 0 atom stereocenters. The smallest absolute Gasteiger partial charge is 0.407 e. The monoisotopic (exact) mass is 575 g/mol. The van der Waals surface area contributed by atoms with E-state index in [1.165, 1.54) is 6.42 Å². The first-order valence-electron chi connectivity index (χ1n) is 14.4. The molecule has 1 fully saturated rings. The van der Waals surface area contributed by atoms with Gasteiger partial charge >= 0.3 is 6.09 Å². The summed E-state index contributed by atoms with van der Waals surface area (Å²) in [6, 6.07) is 31.0. The highest BCUT2D eigenvalue weighted by Crippen LogP contribution is 2.34. The van der Waals surface area contributed by atoms with Crippen LogP contribution in [0.5, 0.6) is 23.0 Å². The van der Waals surface area contributed by atoms with Gasteiger partial charge in [0.1, 0.15) is 29.6 Å². The molecule has 0 aliphatic heterocycles. The molecule has 0 bridgehead atoms. The maximum Gasteiger partial charge on any atom is 0.407 e. The third-order valence-electron chi connectivity index (χ3n) is 7.15. The van der Waals surface area contributed by atoms with E-state index in [0.717, 1.165) is 36.8 Å². The number of ether oxygens (including phenoxy) is 3. The van der Waals surface area contributed by atoms with E-state index in [1.54, 1.807) is 54.6 Å². The molecule has 1 aliphatic rings. The quantitative estimate of drug-likeness (QED) is 0.198. The Labute approximate surface area is 251 Å². The number of hydrogen-bond donors (Lipinski definition) is 2. The molecule has 0 aromatic heterocycles. The Hall–Kier alpha value is -5.29. The SMILES string of the molecule is N#Cc1ccc(Oc2cc(NC(=O)C3CCCCC3)cc(Oc3ccc(CNC(=O)OCc4ccccc4)cc3)c2)cc1. The van der Waals surface area contributed by atoms with E-state index < -0.39 is 6.09 Å². The van der Waals surface area contributed by atoms with Gasteiger partial charge in [-0.3, -0.25) is 4.79 Å². The third kappa shape index (κ3) is 8.85. The van der Waals surface area contributed by atoms with Crippen LogP contribution in [0.15, 0.2) is 97.1 Å². The predicted molar refractivity (Wildman–Crippen MR) is 163 cm³/mol. The molecule has 0 saturated heterocycles. The van der Waals surface area contributed by atoms with Gasteiger partial charge in [0.2, 0.25) is 5.91 Å². The lowest BCUT2D eigenvalue weighted by molar-refractivity contribution is -0.120. The van der Waals surface area contributed by atoms with Gasteiger partial charge in [0.05, 0.1) is 11.6 Å². The van der Waals surface area contributed by atoms with E-state index in [1.807, 2.05) is 42.5 Å². The zero-order valence-electron chi connectivity index (χ0n) is 23.8. The molecule has 4 aromatic carbocycles. The number of rotatable bonds is 10. The van der Waals surface area contributed by atoms with Gasteiger partial charge in [0.25, 0.3) is 0 Å². The number of carbonyl (C=O) groups excluding carboxylic acids is 2. The summed E-state index contributed by atoms with van der Waals surface area (Å²) in [6.45, 7) is 0.510. The molecule has 0 radical (unpaired) electrons. The summed E-state index contributed by atoms with van der Waals surface area (Å²) < 4.78 is 17.5. The topological polar surface area (TPSA) is 110 Å². The summed E-state index contributed by atoms with van der Waals surface area (Å²) in [5.74, 6) is 2.10. The molecule has 0 unspecified atom stereocenters. The molecule has 218 valence electrons.